The number of rotatable bonds is 2. The van der Waals surface area contributed by atoms with Gasteiger partial charge in [0.05, 0.1) is 5.56 Å². The first-order valence-corrected chi connectivity index (χ1v) is 5.36. The van der Waals surface area contributed by atoms with E-state index in [-0.39, 0.29) is 11.4 Å². The lowest BCUT2D eigenvalue weighted by molar-refractivity contribution is 0.102. The van der Waals surface area contributed by atoms with Crippen LogP contribution in [0, 0.1) is 12.7 Å². The van der Waals surface area contributed by atoms with Gasteiger partial charge in [0.25, 0.3) is 5.91 Å². The van der Waals surface area contributed by atoms with Gasteiger partial charge in [-0.15, -0.1) is 0 Å². The van der Waals surface area contributed by atoms with E-state index in [0.717, 1.165) is 5.56 Å². The molecule has 5 heteroatoms. The number of nitrogens with zero attached hydrogens (tertiary/aromatic N) is 1. The monoisotopic (exact) mass is 245 g/mol. The maximum Gasteiger partial charge on any atom is 0.259 e. The Balaban J connectivity index is 2.27. The molecule has 2 aromatic rings. The first-order valence-electron chi connectivity index (χ1n) is 5.36. The first-order chi connectivity index (χ1) is 8.58. The molecule has 0 saturated heterocycles. The standard InChI is InChI=1S/C13H12FN3O/c1-8-4-5-9(14)7-11(8)17-13(18)10-3-2-6-16-12(10)15/h2-7H,1H3,(H2,15,16)(H,17,18). The summed E-state index contributed by atoms with van der Waals surface area (Å²) in [4.78, 5) is 15.8. The molecule has 0 aliphatic rings. The van der Waals surface area contributed by atoms with Gasteiger partial charge in [0.15, 0.2) is 0 Å². The molecule has 4 nitrogen and oxygen atoms in total. The zero-order valence-electron chi connectivity index (χ0n) is 9.77. The Bertz CT molecular complexity index is 599. The number of nitrogen functional groups attached to an aromatic ring is 1. The first kappa shape index (κ1) is 12.0. The Labute approximate surface area is 104 Å². The summed E-state index contributed by atoms with van der Waals surface area (Å²) in [5.41, 5.74) is 7.05. The van der Waals surface area contributed by atoms with Crippen molar-refractivity contribution >= 4 is 17.4 Å². The number of nitrogens with one attached hydrogen (secondary N) is 1. The minimum absolute atomic E-state index is 0.143. The van der Waals surface area contributed by atoms with E-state index in [1.165, 1.54) is 18.3 Å². The molecule has 1 aromatic carbocycles. The molecular formula is C13H12FN3O. The lowest BCUT2D eigenvalue weighted by atomic mass is 10.1. The maximum absolute atomic E-state index is 13.1. The smallest absolute Gasteiger partial charge is 0.259 e. The Morgan fingerprint density at radius 1 is 1.39 bits per heavy atom. The van der Waals surface area contributed by atoms with Gasteiger partial charge in [0.2, 0.25) is 0 Å². The zero-order valence-corrected chi connectivity index (χ0v) is 9.77. The molecular weight excluding hydrogens is 233 g/mol. The van der Waals surface area contributed by atoms with Crippen LogP contribution in [0.15, 0.2) is 36.5 Å². The molecule has 0 atom stereocenters. The highest BCUT2D eigenvalue weighted by Crippen LogP contribution is 2.18. The molecule has 1 aromatic heterocycles. The summed E-state index contributed by atoms with van der Waals surface area (Å²) < 4.78 is 13.1. The average Bonchev–Trinajstić information content (AvgIpc) is 2.34. The molecule has 2 rings (SSSR count). The van der Waals surface area contributed by atoms with E-state index >= 15 is 0 Å². The quantitative estimate of drug-likeness (QED) is 0.853. The second kappa shape index (κ2) is 4.83. The van der Waals surface area contributed by atoms with Gasteiger partial charge < -0.3 is 11.1 Å². The van der Waals surface area contributed by atoms with Crippen LogP contribution in [0.3, 0.4) is 0 Å². The largest absolute Gasteiger partial charge is 0.383 e. The van der Waals surface area contributed by atoms with Gasteiger partial charge in [-0.1, -0.05) is 6.07 Å². The zero-order chi connectivity index (χ0) is 13.1. The van der Waals surface area contributed by atoms with Crippen LogP contribution in [0.1, 0.15) is 15.9 Å². The number of hydrogen-bond acceptors (Lipinski definition) is 3. The van der Waals surface area contributed by atoms with Crippen LogP contribution >= 0.6 is 0 Å². The molecule has 0 aliphatic heterocycles. The highest BCUT2D eigenvalue weighted by Gasteiger charge is 2.11. The number of nitrogens with two attached hydrogens (primary N) is 1. The van der Waals surface area contributed by atoms with Gasteiger partial charge in [0, 0.05) is 11.9 Å². The SMILES string of the molecule is Cc1ccc(F)cc1NC(=O)c1cccnc1N. The highest BCUT2D eigenvalue weighted by atomic mass is 19.1. The summed E-state index contributed by atoms with van der Waals surface area (Å²) in [6.07, 6.45) is 1.50. The number of halogens is 1. The molecule has 0 aliphatic carbocycles. The molecule has 92 valence electrons. The van der Waals surface area contributed by atoms with Crippen LogP contribution in [0.25, 0.3) is 0 Å². The number of aromatic nitrogens is 1. The lowest BCUT2D eigenvalue weighted by Gasteiger charge is -2.09. The summed E-state index contributed by atoms with van der Waals surface area (Å²) in [5.74, 6) is -0.673. The van der Waals surface area contributed by atoms with E-state index in [4.69, 9.17) is 5.73 Å². The van der Waals surface area contributed by atoms with E-state index in [1.54, 1.807) is 25.1 Å². The third-order valence-corrected chi connectivity index (χ3v) is 2.53. The average molecular weight is 245 g/mol. The number of hydrogen-bond donors (Lipinski definition) is 2. The van der Waals surface area contributed by atoms with E-state index in [0.29, 0.717) is 5.69 Å². The van der Waals surface area contributed by atoms with Crippen LogP contribution in [0.2, 0.25) is 0 Å². The van der Waals surface area contributed by atoms with Crippen molar-refractivity contribution in [2.24, 2.45) is 0 Å². The summed E-state index contributed by atoms with van der Waals surface area (Å²) in [6.45, 7) is 1.78. The number of benzene rings is 1. The number of anilines is 2. The summed E-state index contributed by atoms with van der Waals surface area (Å²) >= 11 is 0. The third kappa shape index (κ3) is 2.45. The van der Waals surface area contributed by atoms with Gasteiger partial charge in [0.1, 0.15) is 11.6 Å². The number of carbonyl (C=O) groups excluding carboxylic acids is 1. The predicted octanol–water partition coefficient (Wildman–Crippen LogP) is 2.36. The van der Waals surface area contributed by atoms with Crippen LogP contribution < -0.4 is 11.1 Å². The van der Waals surface area contributed by atoms with Gasteiger partial charge >= 0.3 is 0 Å². The van der Waals surface area contributed by atoms with Crippen molar-refractivity contribution in [1.29, 1.82) is 0 Å². The molecule has 0 spiro atoms. The summed E-state index contributed by atoms with van der Waals surface area (Å²) in [6, 6.07) is 7.37. The fourth-order valence-electron chi connectivity index (χ4n) is 1.53. The second-order valence-corrected chi connectivity index (χ2v) is 3.85. The second-order valence-electron chi connectivity index (χ2n) is 3.85. The van der Waals surface area contributed by atoms with Crippen LogP contribution in [-0.2, 0) is 0 Å². The van der Waals surface area contributed by atoms with Crippen molar-refractivity contribution in [2.45, 2.75) is 6.92 Å². The van der Waals surface area contributed by atoms with Gasteiger partial charge in [-0.05, 0) is 36.8 Å². The van der Waals surface area contributed by atoms with E-state index < -0.39 is 11.7 Å². The highest BCUT2D eigenvalue weighted by molar-refractivity contribution is 6.07. The molecule has 1 heterocycles. The van der Waals surface area contributed by atoms with Gasteiger partial charge in [-0.2, -0.15) is 0 Å². The van der Waals surface area contributed by atoms with E-state index in [9.17, 15) is 9.18 Å². The summed E-state index contributed by atoms with van der Waals surface area (Å²) in [5, 5.41) is 2.61. The van der Waals surface area contributed by atoms with Crippen LogP contribution in [0.4, 0.5) is 15.9 Å². The molecule has 0 unspecified atom stereocenters. The minimum Gasteiger partial charge on any atom is -0.383 e. The van der Waals surface area contributed by atoms with Crippen molar-refractivity contribution in [3.8, 4) is 0 Å². The topological polar surface area (TPSA) is 68.0 Å². The Morgan fingerprint density at radius 2 is 2.17 bits per heavy atom. The normalized spacial score (nSPS) is 10.1. The fraction of sp³-hybridized carbons (Fsp3) is 0.0769. The molecule has 1 amide bonds. The van der Waals surface area contributed by atoms with Crippen molar-refractivity contribution in [3.05, 3.63) is 53.5 Å². The van der Waals surface area contributed by atoms with Gasteiger partial charge in [-0.3, -0.25) is 4.79 Å². The predicted molar refractivity (Wildman–Crippen MR) is 67.7 cm³/mol. The van der Waals surface area contributed by atoms with Crippen molar-refractivity contribution in [2.75, 3.05) is 11.1 Å². The Hall–Kier alpha value is -2.43. The Morgan fingerprint density at radius 3 is 2.89 bits per heavy atom. The number of pyridine rings is 1. The number of amides is 1. The van der Waals surface area contributed by atoms with Gasteiger partial charge in [-0.25, -0.2) is 9.37 Å². The van der Waals surface area contributed by atoms with Crippen molar-refractivity contribution < 1.29 is 9.18 Å². The molecule has 0 saturated carbocycles. The van der Waals surface area contributed by atoms with E-state index in [2.05, 4.69) is 10.3 Å². The van der Waals surface area contributed by atoms with Crippen molar-refractivity contribution in [1.82, 2.24) is 4.98 Å². The lowest BCUT2D eigenvalue weighted by Crippen LogP contribution is -2.15. The maximum atomic E-state index is 13.1. The third-order valence-electron chi connectivity index (χ3n) is 2.53. The fourth-order valence-corrected chi connectivity index (χ4v) is 1.53. The Kier molecular flexibility index (Phi) is 3.23. The summed E-state index contributed by atoms with van der Waals surface area (Å²) in [7, 11) is 0. The molecule has 0 fully saturated rings. The molecule has 0 bridgehead atoms. The van der Waals surface area contributed by atoms with E-state index in [1.807, 2.05) is 0 Å². The number of carbonyl (C=O) groups is 1. The van der Waals surface area contributed by atoms with Crippen LogP contribution in [-0.4, -0.2) is 10.9 Å². The minimum atomic E-state index is -0.408. The van der Waals surface area contributed by atoms with Crippen molar-refractivity contribution in [3.63, 3.8) is 0 Å². The molecule has 3 N–H and O–H groups in total. The number of aryl methyl sites for hydroxylation is 1. The molecule has 0 radical (unpaired) electrons. The molecule has 18 heavy (non-hydrogen) atoms. The van der Waals surface area contributed by atoms with Crippen LogP contribution in [0.5, 0.6) is 0 Å².